The van der Waals surface area contributed by atoms with E-state index in [2.05, 4.69) is 41.5 Å². The van der Waals surface area contributed by atoms with E-state index in [9.17, 15) is 0 Å². The summed E-state index contributed by atoms with van der Waals surface area (Å²) in [6, 6.07) is 9.57. The van der Waals surface area contributed by atoms with Crippen molar-refractivity contribution in [3.63, 3.8) is 0 Å². The molecule has 0 radical (unpaired) electrons. The zero-order valence-corrected chi connectivity index (χ0v) is 13.2. The first-order valence-electron chi connectivity index (χ1n) is 8.37. The average Bonchev–Trinajstić information content (AvgIpc) is 3.37. The quantitative estimate of drug-likeness (QED) is 0.670. The number of benzene rings is 1. The van der Waals surface area contributed by atoms with Crippen molar-refractivity contribution in [2.75, 3.05) is 26.8 Å². The molecule has 1 aromatic carbocycles. The molecule has 0 atom stereocenters. The van der Waals surface area contributed by atoms with E-state index in [4.69, 9.17) is 4.74 Å². The lowest BCUT2D eigenvalue weighted by Crippen LogP contribution is -2.24. The highest BCUT2D eigenvalue weighted by molar-refractivity contribution is 5.27. The fourth-order valence-corrected chi connectivity index (χ4v) is 2.55. The van der Waals surface area contributed by atoms with Crippen molar-refractivity contribution in [3.05, 3.63) is 35.4 Å². The van der Waals surface area contributed by atoms with Gasteiger partial charge < -0.3 is 10.1 Å². The van der Waals surface area contributed by atoms with Gasteiger partial charge in [0.05, 0.1) is 6.61 Å². The molecule has 1 N–H and O–H groups in total. The van der Waals surface area contributed by atoms with Crippen molar-refractivity contribution in [3.8, 4) is 0 Å². The van der Waals surface area contributed by atoms with Crippen LogP contribution in [0.1, 0.15) is 36.8 Å². The van der Waals surface area contributed by atoms with Crippen LogP contribution in [0.5, 0.6) is 0 Å². The SMILES string of the molecule is CN(CCOCC1CC1)Cc1ccccc1CNC1CC1. The van der Waals surface area contributed by atoms with Gasteiger partial charge in [-0.25, -0.2) is 0 Å². The van der Waals surface area contributed by atoms with E-state index >= 15 is 0 Å². The van der Waals surface area contributed by atoms with Gasteiger partial charge in [0.1, 0.15) is 0 Å². The van der Waals surface area contributed by atoms with Crippen molar-refractivity contribution >= 4 is 0 Å². The van der Waals surface area contributed by atoms with Crippen LogP contribution in [0.25, 0.3) is 0 Å². The maximum Gasteiger partial charge on any atom is 0.0593 e. The first kappa shape index (κ1) is 15.0. The summed E-state index contributed by atoms with van der Waals surface area (Å²) in [4.78, 5) is 2.36. The Kier molecular flexibility index (Phi) is 5.28. The lowest BCUT2D eigenvalue weighted by Gasteiger charge is -2.19. The van der Waals surface area contributed by atoms with Gasteiger partial charge in [-0.05, 0) is 49.8 Å². The van der Waals surface area contributed by atoms with E-state index in [-0.39, 0.29) is 0 Å². The second kappa shape index (κ2) is 7.39. The molecule has 3 rings (SSSR count). The number of hydrogen-bond donors (Lipinski definition) is 1. The molecule has 3 heteroatoms. The van der Waals surface area contributed by atoms with Crippen LogP contribution in [0.3, 0.4) is 0 Å². The summed E-state index contributed by atoms with van der Waals surface area (Å²) in [5.41, 5.74) is 2.88. The Morgan fingerprint density at radius 2 is 1.90 bits per heavy atom. The van der Waals surface area contributed by atoms with Crippen molar-refractivity contribution in [1.82, 2.24) is 10.2 Å². The second-order valence-corrected chi connectivity index (χ2v) is 6.68. The summed E-state index contributed by atoms with van der Waals surface area (Å²) in [6.07, 6.45) is 5.44. The maximum absolute atomic E-state index is 5.73. The molecule has 1 aromatic rings. The first-order chi connectivity index (χ1) is 10.3. The summed E-state index contributed by atoms with van der Waals surface area (Å²) >= 11 is 0. The average molecular weight is 288 g/mol. The zero-order valence-electron chi connectivity index (χ0n) is 13.2. The van der Waals surface area contributed by atoms with Crippen LogP contribution in [0.2, 0.25) is 0 Å². The topological polar surface area (TPSA) is 24.5 Å². The number of hydrogen-bond acceptors (Lipinski definition) is 3. The minimum Gasteiger partial charge on any atom is -0.380 e. The molecular weight excluding hydrogens is 260 g/mol. The minimum atomic E-state index is 0.770. The molecule has 21 heavy (non-hydrogen) atoms. The number of likely N-dealkylation sites (N-methyl/N-ethyl adjacent to an activating group) is 1. The third-order valence-electron chi connectivity index (χ3n) is 4.39. The van der Waals surface area contributed by atoms with Crippen LogP contribution in [0.15, 0.2) is 24.3 Å². The highest BCUT2D eigenvalue weighted by Gasteiger charge is 2.21. The van der Waals surface area contributed by atoms with Gasteiger partial charge in [-0.3, -0.25) is 4.90 Å². The fourth-order valence-electron chi connectivity index (χ4n) is 2.55. The Balaban J connectivity index is 1.41. The van der Waals surface area contributed by atoms with E-state index in [1.165, 1.54) is 36.8 Å². The smallest absolute Gasteiger partial charge is 0.0593 e. The summed E-state index contributed by atoms with van der Waals surface area (Å²) < 4.78 is 5.73. The van der Waals surface area contributed by atoms with Gasteiger partial charge in [0.15, 0.2) is 0 Å². The molecule has 0 aromatic heterocycles. The Labute approximate surface area is 128 Å². The minimum absolute atomic E-state index is 0.770. The van der Waals surface area contributed by atoms with Crippen LogP contribution in [-0.4, -0.2) is 37.7 Å². The third kappa shape index (κ3) is 5.42. The number of ether oxygens (including phenoxy) is 1. The van der Waals surface area contributed by atoms with Crippen LogP contribution < -0.4 is 5.32 Å². The fraction of sp³-hybridized carbons (Fsp3) is 0.667. The van der Waals surface area contributed by atoms with Crippen LogP contribution >= 0.6 is 0 Å². The molecular formula is C18H28N2O. The Hall–Kier alpha value is -0.900. The van der Waals surface area contributed by atoms with E-state index in [1.807, 2.05) is 0 Å². The summed E-state index contributed by atoms with van der Waals surface area (Å²) in [7, 11) is 2.19. The zero-order chi connectivity index (χ0) is 14.5. The van der Waals surface area contributed by atoms with Gasteiger partial charge in [0, 0.05) is 32.3 Å². The maximum atomic E-state index is 5.73. The van der Waals surface area contributed by atoms with Gasteiger partial charge in [0.2, 0.25) is 0 Å². The van der Waals surface area contributed by atoms with Crippen molar-refractivity contribution in [2.45, 2.75) is 44.8 Å². The van der Waals surface area contributed by atoms with E-state index < -0.39 is 0 Å². The Morgan fingerprint density at radius 3 is 2.62 bits per heavy atom. The lowest BCUT2D eigenvalue weighted by molar-refractivity contribution is 0.102. The molecule has 3 nitrogen and oxygen atoms in total. The molecule has 2 aliphatic carbocycles. The summed E-state index contributed by atoms with van der Waals surface area (Å²) in [5.74, 6) is 0.865. The molecule has 116 valence electrons. The summed E-state index contributed by atoms with van der Waals surface area (Å²) in [6.45, 7) is 4.85. The normalized spacial score (nSPS) is 18.4. The standard InChI is InChI=1S/C18H28N2O/c1-20(10-11-21-14-15-6-7-15)13-17-5-3-2-4-16(17)12-19-18-8-9-18/h2-5,15,18-19H,6-14H2,1H3. The molecule has 0 amide bonds. The Morgan fingerprint density at radius 1 is 1.14 bits per heavy atom. The molecule has 0 aliphatic heterocycles. The largest absolute Gasteiger partial charge is 0.380 e. The highest BCUT2D eigenvalue weighted by atomic mass is 16.5. The van der Waals surface area contributed by atoms with Crippen molar-refractivity contribution < 1.29 is 4.74 Å². The van der Waals surface area contributed by atoms with Crippen LogP contribution in [0, 0.1) is 5.92 Å². The summed E-state index contributed by atoms with van der Waals surface area (Å²) in [5, 5.41) is 3.62. The third-order valence-corrected chi connectivity index (χ3v) is 4.39. The molecule has 2 aliphatic rings. The van der Waals surface area contributed by atoms with Crippen LogP contribution in [-0.2, 0) is 17.8 Å². The van der Waals surface area contributed by atoms with Gasteiger partial charge in [0.25, 0.3) is 0 Å². The molecule has 2 saturated carbocycles. The van der Waals surface area contributed by atoms with Crippen LogP contribution in [0.4, 0.5) is 0 Å². The van der Waals surface area contributed by atoms with Crippen molar-refractivity contribution in [2.24, 2.45) is 5.92 Å². The molecule has 2 fully saturated rings. The molecule has 0 spiro atoms. The molecule has 0 saturated heterocycles. The van der Waals surface area contributed by atoms with Gasteiger partial charge in [-0.2, -0.15) is 0 Å². The second-order valence-electron chi connectivity index (χ2n) is 6.68. The number of nitrogens with zero attached hydrogens (tertiary/aromatic N) is 1. The first-order valence-corrected chi connectivity index (χ1v) is 8.37. The van der Waals surface area contributed by atoms with Gasteiger partial charge in [-0.15, -0.1) is 0 Å². The van der Waals surface area contributed by atoms with Crippen molar-refractivity contribution in [1.29, 1.82) is 0 Å². The van der Waals surface area contributed by atoms with E-state index in [0.717, 1.165) is 44.8 Å². The monoisotopic (exact) mass is 288 g/mol. The Bertz CT molecular complexity index is 441. The molecule has 0 unspecified atom stereocenters. The predicted octanol–water partition coefficient (Wildman–Crippen LogP) is 2.80. The van der Waals surface area contributed by atoms with E-state index in [0.29, 0.717) is 0 Å². The lowest BCUT2D eigenvalue weighted by atomic mass is 10.1. The number of rotatable bonds is 10. The number of nitrogens with one attached hydrogen (secondary N) is 1. The molecule has 0 bridgehead atoms. The van der Waals surface area contributed by atoms with E-state index in [1.54, 1.807) is 0 Å². The molecule has 0 heterocycles. The predicted molar refractivity (Wildman–Crippen MR) is 86.2 cm³/mol. The van der Waals surface area contributed by atoms with Gasteiger partial charge in [-0.1, -0.05) is 24.3 Å². The highest BCUT2D eigenvalue weighted by Crippen LogP contribution is 2.28. The van der Waals surface area contributed by atoms with Gasteiger partial charge >= 0.3 is 0 Å².